The lowest BCUT2D eigenvalue weighted by molar-refractivity contribution is 0.617. The van der Waals surface area contributed by atoms with Gasteiger partial charge in [0.2, 0.25) is 0 Å². The summed E-state index contributed by atoms with van der Waals surface area (Å²) in [5, 5.41) is 2.26. The number of benzene rings is 4. The average molecular weight is 345 g/mol. The predicted octanol–water partition coefficient (Wildman–Crippen LogP) is 6.55. The number of halogens is 2. The third-order valence-corrected chi connectivity index (χ3v) is 4.61. The first-order chi connectivity index (χ1) is 12.6. The minimum atomic E-state index is -0.388. The number of para-hydroxylation sites is 1. The first kappa shape index (κ1) is 16.3. The number of anilines is 2. The molecule has 128 valence electrons. The summed E-state index contributed by atoms with van der Waals surface area (Å²) in [4.78, 5) is 1.52. The molecule has 0 fully saturated rings. The van der Waals surface area contributed by atoms with E-state index in [1.807, 2.05) is 48.5 Å². The molecule has 0 atom stereocenters. The van der Waals surface area contributed by atoms with Crippen molar-refractivity contribution < 1.29 is 8.78 Å². The Bertz CT molecular complexity index is 1090. The Hall–Kier alpha value is -3.20. The summed E-state index contributed by atoms with van der Waals surface area (Å²) in [6.45, 7) is 0. The monoisotopic (exact) mass is 345 g/mol. The maximum atomic E-state index is 14.8. The van der Waals surface area contributed by atoms with Gasteiger partial charge in [-0.25, -0.2) is 8.78 Å². The maximum Gasteiger partial charge on any atom is 0.147 e. The number of hydrogen-bond donors (Lipinski definition) is 0. The molecule has 3 heteroatoms. The predicted molar refractivity (Wildman–Crippen MR) is 104 cm³/mol. The van der Waals surface area contributed by atoms with Crippen LogP contribution in [0.5, 0.6) is 0 Å². The number of nitrogens with zero attached hydrogens (tertiary/aromatic N) is 1. The molecule has 0 aliphatic carbocycles. The zero-order chi connectivity index (χ0) is 18.1. The van der Waals surface area contributed by atoms with E-state index in [0.717, 1.165) is 21.9 Å². The highest BCUT2D eigenvalue weighted by Gasteiger charge is 2.14. The molecule has 1 nitrogen and oxygen atoms in total. The summed E-state index contributed by atoms with van der Waals surface area (Å²) in [5.74, 6) is -0.769. The van der Waals surface area contributed by atoms with Crippen molar-refractivity contribution in [2.75, 3.05) is 11.9 Å². The van der Waals surface area contributed by atoms with E-state index >= 15 is 0 Å². The lowest BCUT2D eigenvalue weighted by atomic mass is 10.0. The van der Waals surface area contributed by atoms with Gasteiger partial charge in [0.25, 0.3) is 0 Å². The van der Waals surface area contributed by atoms with E-state index < -0.39 is 0 Å². The van der Waals surface area contributed by atoms with E-state index in [1.54, 1.807) is 31.3 Å². The van der Waals surface area contributed by atoms with E-state index in [0.29, 0.717) is 11.4 Å². The Morgan fingerprint density at radius 2 is 1.19 bits per heavy atom. The van der Waals surface area contributed by atoms with Crippen LogP contribution < -0.4 is 4.90 Å². The second-order valence-electron chi connectivity index (χ2n) is 6.24. The van der Waals surface area contributed by atoms with Gasteiger partial charge in [-0.2, -0.15) is 0 Å². The molecule has 0 saturated heterocycles. The largest absolute Gasteiger partial charge is 0.340 e. The molecular formula is C23H17F2N. The van der Waals surface area contributed by atoms with E-state index in [1.165, 1.54) is 17.0 Å². The lowest BCUT2D eigenvalue weighted by Gasteiger charge is -2.21. The third kappa shape index (κ3) is 2.92. The molecule has 0 amide bonds. The van der Waals surface area contributed by atoms with Gasteiger partial charge in [-0.05, 0) is 52.2 Å². The molecular weight excluding hydrogens is 328 g/mol. The Morgan fingerprint density at radius 3 is 1.96 bits per heavy atom. The summed E-state index contributed by atoms with van der Waals surface area (Å²) in [6, 6.07) is 25.5. The van der Waals surface area contributed by atoms with Crippen LogP contribution in [0.4, 0.5) is 20.2 Å². The quantitative estimate of drug-likeness (QED) is 0.407. The van der Waals surface area contributed by atoms with Crippen LogP contribution >= 0.6 is 0 Å². The van der Waals surface area contributed by atoms with Crippen molar-refractivity contribution in [3.63, 3.8) is 0 Å². The van der Waals surface area contributed by atoms with E-state index in [2.05, 4.69) is 0 Å². The van der Waals surface area contributed by atoms with Crippen molar-refractivity contribution in [2.24, 2.45) is 0 Å². The molecule has 4 aromatic rings. The standard InChI is InChI=1S/C23H17F2N/c1-26(22-9-5-4-8-20(22)24)23-13-12-19(15-21(23)25)18-11-10-16-6-2-3-7-17(16)14-18/h2-15H,1H3. The van der Waals surface area contributed by atoms with Crippen molar-refractivity contribution in [3.05, 3.63) is 96.6 Å². The van der Waals surface area contributed by atoms with Gasteiger partial charge in [0.1, 0.15) is 11.6 Å². The van der Waals surface area contributed by atoms with E-state index in [4.69, 9.17) is 0 Å². The van der Waals surface area contributed by atoms with Crippen molar-refractivity contribution in [1.29, 1.82) is 0 Å². The number of fused-ring (bicyclic) bond motifs is 1. The zero-order valence-corrected chi connectivity index (χ0v) is 14.3. The van der Waals surface area contributed by atoms with Gasteiger partial charge in [0.15, 0.2) is 0 Å². The Labute approximate surface area is 151 Å². The Kier molecular flexibility index (Phi) is 4.13. The molecule has 0 aliphatic heterocycles. The molecule has 0 saturated carbocycles. The highest BCUT2D eigenvalue weighted by Crippen LogP contribution is 2.32. The maximum absolute atomic E-state index is 14.8. The Balaban J connectivity index is 1.72. The molecule has 0 aromatic heterocycles. The van der Waals surface area contributed by atoms with Crippen LogP contribution in [0.1, 0.15) is 0 Å². The molecule has 0 radical (unpaired) electrons. The Morgan fingerprint density at radius 1 is 0.577 bits per heavy atom. The molecule has 0 spiro atoms. The fraction of sp³-hybridized carbons (Fsp3) is 0.0435. The van der Waals surface area contributed by atoms with Gasteiger partial charge in [-0.1, -0.05) is 54.6 Å². The first-order valence-corrected chi connectivity index (χ1v) is 8.40. The highest BCUT2D eigenvalue weighted by atomic mass is 19.1. The zero-order valence-electron chi connectivity index (χ0n) is 14.3. The minimum absolute atomic E-state index is 0.333. The second-order valence-corrected chi connectivity index (χ2v) is 6.24. The van der Waals surface area contributed by atoms with Gasteiger partial charge in [-0.15, -0.1) is 0 Å². The SMILES string of the molecule is CN(c1ccccc1F)c1ccc(-c2ccc3ccccc3c2)cc1F. The van der Waals surface area contributed by atoms with Crippen molar-refractivity contribution in [3.8, 4) is 11.1 Å². The van der Waals surface area contributed by atoms with Crippen molar-refractivity contribution in [1.82, 2.24) is 0 Å². The average Bonchev–Trinajstić information content (AvgIpc) is 2.67. The summed E-state index contributed by atoms with van der Waals surface area (Å²) in [5.41, 5.74) is 2.41. The van der Waals surface area contributed by atoms with Crippen LogP contribution in [0.2, 0.25) is 0 Å². The highest BCUT2D eigenvalue weighted by molar-refractivity contribution is 5.87. The van der Waals surface area contributed by atoms with Crippen LogP contribution in [0, 0.1) is 11.6 Å². The molecule has 0 bridgehead atoms. The van der Waals surface area contributed by atoms with Crippen LogP contribution in [-0.2, 0) is 0 Å². The number of hydrogen-bond acceptors (Lipinski definition) is 1. The molecule has 0 unspecified atom stereocenters. The van der Waals surface area contributed by atoms with Gasteiger partial charge in [0.05, 0.1) is 11.4 Å². The summed E-state index contributed by atoms with van der Waals surface area (Å²) in [6.07, 6.45) is 0. The van der Waals surface area contributed by atoms with Crippen LogP contribution in [0.25, 0.3) is 21.9 Å². The smallest absolute Gasteiger partial charge is 0.147 e. The molecule has 0 heterocycles. The fourth-order valence-electron chi connectivity index (χ4n) is 3.18. The molecule has 26 heavy (non-hydrogen) atoms. The lowest BCUT2D eigenvalue weighted by Crippen LogP contribution is -2.12. The van der Waals surface area contributed by atoms with E-state index in [9.17, 15) is 8.78 Å². The van der Waals surface area contributed by atoms with Crippen LogP contribution in [0.15, 0.2) is 84.9 Å². The molecule has 0 N–H and O–H groups in total. The minimum Gasteiger partial charge on any atom is -0.340 e. The third-order valence-electron chi connectivity index (χ3n) is 4.61. The summed E-state index contributed by atoms with van der Waals surface area (Å²) in [7, 11) is 1.66. The van der Waals surface area contributed by atoms with Crippen LogP contribution in [0.3, 0.4) is 0 Å². The first-order valence-electron chi connectivity index (χ1n) is 8.40. The second kappa shape index (κ2) is 6.60. The van der Waals surface area contributed by atoms with E-state index in [-0.39, 0.29) is 11.6 Å². The summed E-state index contributed by atoms with van der Waals surface area (Å²) >= 11 is 0. The van der Waals surface area contributed by atoms with Gasteiger partial charge in [0, 0.05) is 7.05 Å². The van der Waals surface area contributed by atoms with Gasteiger partial charge < -0.3 is 4.90 Å². The molecule has 4 rings (SSSR count). The van der Waals surface area contributed by atoms with Crippen LogP contribution in [-0.4, -0.2) is 7.05 Å². The van der Waals surface area contributed by atoms with Crippen molar-refractivity contribution in [2.45, 2.75) is 0 Å². The fourth-order valence-corrected chi connectivity index (χ4v) is 3.18. The number of rotatable bonds is 3. The molecule has 4 aromatic carbocycles. The summed E-state index contributed by atoms with van der Waals surface area (Å²) < 4.78 is 28.7. The topological polar surface area (TPSA) is 3.24 Å². The normalized spacial score (nSPS) is 10.9. The van der Waals surface area contributed by atoms with Crippen molar-refractivity contribution >= 4 is 22.1 Å². The molecule has 0 aliphatic rings. The van der Waals surface area contributed by atoms with Gasteiger partial charge >= 0.3 is 0 Å². The van der Waals surface area contributed by atoms with Gasteiger partial charge in [-0.3, -0.25) is 0 Å².